The summed E-state index contributed by atoms with van der Waals surface area (Å²) in [5.41, 5.74) is 5.75. The van der Waals surface area contributed by atoms with Crippen LogP contribution in [0.1, 0.15) is 32.6 Å². The van der Waals surface area contributed by atoms with Gasteiger partial charge in [-0.25, -0.2) is 0 Å². The summed E-state index contributed by atoms with van der Waals surface area (Å²) in [7, 11) is 0. The highest BCUT2D eigenvalue weighted by Crippen LogP contribution is 2.23. The zero-order valence-electron chi connectivity index (χ0n) is 8.70. The minimum absolute atomic E-state index is 0.00201. The third-order valence-corrected chi connectivity index (χ3v) is 2.81. The van der Waals surface area contributed by atoms with E-state index < -0.39 is 0 Å². The van der Waals surface area contributed by atoms with E-state index >= 15 is 0 Å². The highest BCUT2D eigenvalue weighted by molar-refractivity contribution is 5.79. The fourth-order valence-corrected chi connectivity index (χ4v) is 1.79. The van der Waals surface area contributed by atoms with Gasteiger partial charge in [0.25, 0.3) is 0 Å². The summed E-state index contributed by atoms with van der Waals surface area (Å²) in [6.45, 7) is 1.80. The van der Waals surface area contributed by atoms with Crippen molar-refractivity contribution in [2.75, 3.05) is 6.61 Å². The number of carbonyl (C=O) groups excluding carboxylic acids is 1. The van der Waals surface area contributed by atoms with Gasteiger partial charge in [0.1, 0.15) is 0 Å². The summed E-state index contributed by atoms with van der Waals surface area (Å²) in [6, 6.07) is 0.132. The number of aliphatic hydroxyl groups excluding tert-OH is 1. The minimum Gasteiger partial charge on any atom is -0.394 e. The molecular weight excluding hydrogens is 180 g/mol. The second-order valence-electron chi connectivity index (χ2n) is 4.20. The molecule has 4 nitrogen and oxygen atoms in total. The van der Waals surface area contributed by atoms with Gasteiger partial charge < -0.3 is 16.2 Å². The molecule has 14 heavy (non-hydrogen) atoms. The number of nitrogens with two attached hydrogens (primary N) is 1. The molecule has 0 unspecified atom stereocenters. The predicted molar refractivity (Wildman–Crippen MR) is 54.6 cm³/mol. The Balaban J connectivity index is 2.30. The maximum absolute atomic E-state index is 11.6. The Kier molecular flexibility index (Phi) is 4.35. The fourth-order valence-electron chi connectivity index (χ4n) is 1.79. The Labute approximate surface area is 84.9 Å². The molecule has 0 aromatic heterocycles. The number of hydrogen-bond donors (Lipinski definition) is 3. The number of rotatable bonds is 3. The van der Waals surface area contributed by atoms with Gasteiger partial charge >= 0.3 is 0 Å². The Morgan fingerprint density at radius 3 is 2.57 bits per heavy atom. The van der Waals surface area contributed by atoms with Crippen molar-refractivity contribution in [1.29, 1.82) is 0 Å². The average Bonchev–Trinajstić information content (AvgIpc) is 2.18. The summed E-state index contributed by atoms with van der Waals surface area (Å²) in [5.74, 6) is 0.169. The van der Waals surface area contributed by atoms with E-state index in [0.29, 0.717) is 0 Å². The van der Waals surface area contributed by atoms with Crippen molar-refractivity contribution < 1.29 is 9.90 Å². The van der Waals surface area contributed by atoms with E-state index in [9.17, 15) is 4.79 Å². The summed E-state index contributed by atoms with van der Waals surface area (Å²) in [4.78, 5) is 11.6. The van der Waals surface area contributed by atoms with E-state index in [1.807, 2.05) is 0 Å². The molecule has 0 aliphatic heterocycles. The topological polar surface area (TPSA) is 75.3 Å². The molecule has 0 spiro atoms. The standard InChI is InChI=1S/C10H20N2O2/c1-7(6-13)12-10(14)8-2-4-9(11)5-3-8/h7-9,13H,2-6,11H2,1H3,(H,12,14)/t7-,8?,9?/m0/s1. The van der Waals surface area contributed by atoms with Crippen molar-refractivity contribution in [3.05, 3.63) is 0 Å². The van der Waals surface area contributed by atoms with Gasteiger partial charge in [-0.05, 0) is 32.6 Å². The Morgan fingerprint density at radius 1 is 1.50 bits per heavy atom. The monoisotopic (exact) mass is 200 g/mol. The summed E-state index contributed by atoms with van der Waals surface area (Å²) in [5, 5.41) is 11.6. The van der Waals surface area contributed by atoms with Crippen LogP contribution in [0.5, 0.6) is 0 Å². The van der Waals surface area contributed by atoms with Crippen molar-refractivity contribution in [1.82, 2.24) is 5.32 Å². The van der Waals surface area contributed by atoms with E-state index in [0.717, 1.165) is 25.7 Å². The highest BCUT2D eigenvalue weighted by Gasteiger charge is 2.24. The van der Waals surface area contributed by atoms with Crippen LogP contribution < -0.4 is 11.1 Å². The molecular formula is C10H20N2O2. The molecule has 1 saturated carbocycles. The van der Waals surface area contributed by atoms with Crippen LogP contribution in [-0.4, -0.2) is 29.7 Å². The molecule has 1 amide bonds. The van der Waals surface area contributed by atoms with E-state index in [1.54, 1.807) is 6.92 Å². The second-order valence-corrected chi connectivity index (χ2v) is 4.20. The van der Waals surface area contributed by atoms with Crippen molar-refractivity contribution in [3.63, 3.8) is 0 Å². The van der Waals surface area contributed by atoms with Crippen LogP contribution in [0, 0.1) is 5.92 Å². The number of carbonyl (C=O) groups is 1. The molecule has 4 heteroatoms. The summed E-state index contributed by atoms with van der Waals surface area (Å²) < 4.78 is 0. The van der Waals surface area contributed by atoms with Crippen LogP contribution in [0.4, 0.5) is 0 Å². The summed E-state index contributed by atoms with van der Waals surface area (Å²) >= 11 is 0. The van der Waals surface area contributed by atoms with Gasteiger partial charge in [0.2, 0.25) is 5.91 Å². The first kappa shape index (κ1) is 11.5. The molecule has 82 valence electrons. The minimum atomic E-state index is -0.141. The van der Waals surface area contributed by atoms with Gasteiger partial charge in [0.15, 0.2) is 0 Å². The smallest absolute Gasteiger partial charge is 0.223 e. The summed E-state index contributed by atoms with van der Waals surface area (Å²) in [6.07, 6.45) is 3.63. The molecule has 0 aromatic carbocycles. The number of aliphatic hydroxyl groups is 1. The zero-order valence-corrected chi connectivity index (χ0v) is 8.70. The molecule has 0 radical (unpaired) electrons. The van der Waals surface area contributed by atoms with Crippen molar-refractivity contribution in [2.45, 2.75) is 44.7 Å². The molecule has 1 atom stereocenters. The molecule has 1 aliphatic rings. The molecule has 1 fully saturated rings. The molecule has 0 heterocycles. The van der Waals surface area contributed by atoms with Crippen molar-refractivity contribution in [2.24, 2.45) is 11.7 Å². The van der Waals surface area contributed by atoms with Crippen LogP contribution in [0.25, 0.3) is 0 Å². The van der Waals surface area contributed by atoms with Gasteiger partial charge in [-0.2, -0.15) is 0 Å². The van der Waals surface area contributed by atoms with E-state index in [2.05, 4.69) is 5.32 Å². The lowest BCUT2D eigenvalue weighted by atomic mass is 9.86. The number of hydrogen-bond acceptors (Lipinski definition) is 3. The Bertz CT molecular complexity index is 189. The van der Waals surface area contributed by atoms with Crippen LogP contribution in [0.15, 0.2) is 0 Å². The quantitative estimate of drug-likeness (QED) is 0.600. The van der Waals surface area contributed by atoms with Gasteiger partial charge in [-0.3, -0.25) is 4.79 Å². The Morgan fingerprint density at radius 2 is 2.07 bits per heavy atom. The van der Waals surface area contributed by atoms with Crippen LogP contribution in [-0.2, 0) is 4.79 Å². The van der Waals surface area contributed by atoms with E-state index in [-0.39, 0.29) is 30.5 Å². The first-order chi connectivity index (χ1) is 6.63. The van der Waals surface area contributed by atoms with Crippen molar-refractivity contribution in [3.8, 4) is 0 Å². The molecule has 1 rings (SSSR count). The third kappa shape index (κ3) is 3.27. The van der Waals surface area contributed by atoms with Gasteiger partial charge in [-0.15, -0.1) is 0 Å². The Hall–Kier alpha value is -0.610. The van der Waals surface area contributed by atoms with E-state index in [4.69, 9.17) is 10.8 Å². The number of nitrogens with one attached hydrogen (secondary N) is 1. The van der Waals surface area contributed by atoms with Crippen molar-refractivity contribution >= 4 is 5.91 Å². The van der Waals surface area contributed by atoms with Gasteiger partial charge in [0.05, 0.1) is 6.61 Å². The second kappa shape index (κ2) is 5.32. The molecule has 0 aromatic rings. The lowest BCUT2D eigenvalue weighted by molar-refractivity contribution is -0.126. The fraction of sp³-hybridized carbons (Fsp3) is 0.900. The highest BCUT2D eigenvalue weighted by atomic mass is 16.3. The number of amides is 1. The van der Waals surface area contributed by atoms with E-state index in [1.165, 1.54) is 0 Å². The molecule has 0 bridgehead atoms. The normalized spacial score (nSPS) is 29.6. The third-order valence-electron chi connectivity index (χ3n) is 2.81. The maximum Gasteiger partial charge on any atom is 0.223 e. The predicted octanol–water partition coefficient (Wildman–Crippen LogP) is 0.000900. The average molecular weight is 200 g/mol. The lowest BCUT2D eigenvalue weighted by Crippen LogP contribution is -2.41. The van der Waals surface area contributed by atoms with Gasteiger partial charge in [-0.1, -0.05) is 0 Å². The first-order valence-corrected chi connectivity index (χ1v) is 5.30. The molecule has 0 saturated heterocycles. The van der Waals surface area contributed by atoms with Crippen LogP contribution in [0.2, 0.25) is 0 Å². The zero-order chi connectivity index (χ0) is 10.6. The maximum atomic E-state index is 11.6. The molecule has 1 aliphatic carbocycles. The van der Waals surface area contributed by atoms with Gasteiger partial charge in [0, 0.05) is 18.0 Å². The molecule has 4 N–H and O–H groups in total. The van der Waals surface area contributed by atoms with Crippen LogP contribution >= 0.6 is 0 Å². The lowest BCUT2D eigenvalue weighted by Gasteiger charge is -2.26. The first-order valence-electron chi connectivity index (χ1n) is 5.30. The van der Waals surface area contributed by atoms with Crippen LogP contribution in [0.3, 0.4) is 0 Å². The largest absolute Gasteiger partial charge is 0.394 e. The SMILES string of the molecule is C[C@@H](CO)NC(=O)C1CCC(N)CC1.